The molecule has 6 heteroatoms. The molecule has 1 aliphatic rings. The van der Waals surface area contributed by atoms with Crippen LogP contribution < -0.4 is 10.1 Å². The molecular formula is C16H20ClNO4. The third-order valence-corrected chi connectivity index (χ3v) is 3.85. The molecule has 1 amide bonds. The number of hydrogen-bond donors (Lipinski definition) is 2. The van der Waals surface area contributed by atoms with E-state index in [1.165, 1.54) is 0 Å². The molecule has 1 aliphatic heterocycles. The lowest BCUT2D eigenvalue weighted by molar-refractivity contribution is -0.142. The summed E-state index contributed by atoms with van der Waals surface area (Å²) in [6.45, 7) is 4.03. The number of benzene rings is 1. The molecule has 2 rings (SSSR count). The van der Waals surface area contributed by atoms with Crippen molar-refractivity contribution in [3.63, 3.8) is 0 Å². The minimum absolute atomic E-state index is 0.114. The van der Waals surface area contributed by atoms with Crippen LogP contribution in [0, 0.1) is 11.8 Å². The number of fused-ring (bicyclic) bond motifs is 1. The van der Waals surface area contributed by atoms with Crippen LogP contribution in [0.5, 0.6) is 5.75 Å². The number of carbonyl (C=O) groups excluding carboxylic acids is 1. The average Bonchev–Trinajstić information content (AvgIpc) is 2.85. The highest BCUT2D eigenvalue weighted by Gasteiger charge is 2.30. The second-order valence-corrected chi connectivity index (χ2v) is 6.41. The fraction of sp³-hybridized carbons (Fsp3) is 0.500. The molecule has 1 heterocycles. The van der Waals surface area contributed by atoms with Crippen LogP contribution in [0.25, 0.3) is 0 Å². The van der Waals surface area contributed by atoms with Crippen LogP contribution >= 0.6 is 11.6 Å². The monoisotopic (exact) mass is 325 g/mol. The number of hydrogen-bond acceptors (Lipinski definition) is 3. The quantitative estimate of drug-likeness (QED) is 0.842. The van der Waals surface area contributed by atoms with Gasteiger partial charge in [0.1, 0.15) is 5.75 Å². The number of rotatable bonds is 6. The normalized spacial score (nSPS) is 17.7. The van der Waals surface area contributed by atoms with Crippen LogP contribution in [0.3, 0.4) is 0 Å². The van der Waals surface area contributed by atoms with E-state index >= 15 is 0 Å². The van der Waals surface area contributed by atoms with Gasteiger partial charge in [-0.2, -0.15) is 0 Å². The first-order chi connectivity index (χ1) is 10.4. The summed E-state index contributed by atoms with van der Waals surface area (Å²) in [4.78, 5) is 23.3. The summed E-state index contributed by atoms with van der Waals surface area (Å²) in [5, 5.41) is 12.5. The van der Waals surface area contributed by atoms with Crippen molar-refractivity contribution in [1.29, 1.82) is 0 Å². The Labute approximate surface area is 134 Å². The van der Waals surface area contributed by atoms with Crippen LogP contribution in [0.1, 0.15) is 25.8 Å². The molecule has 120 valence electrons. The van der Waals surface area contributed by atoms with Crippen molar-refractivity contribution in [1.82, 2.24) is 5.32 Å². The van der Waals surface area contributed by atoms with E-state index in [2.05, 4.69) is 5.32 Å². The second kappa shape index (κ2) is 7.01. The van der Waals surface area contributed by atoms with E-state index in [4.69, 9.17) is 16.3 Å². The molecule has 2 atom stereocenters. The lowest BCUT2D eigenvalue weighted by Crippen LogP contribution is -2.41. The number of carbonyl (C=O) groups is 2. The average molecular weight is 326 g/mol. The lowest BCUT2D eigenvalue weighted by Gasteiger charge is -2.17. The van der Waals surface area contributed by atoms with Gasteiger partial charge in [0.05, 0.1) is 5.92 Å². The van der Waals surface area contributed by atoms with Gasteiger partial charge in [0.2, 0.25) is 0 Å². The van der Waals surface area contributed by atoms with Gasteiger partial charge in [-0.1, -0.05) is 25.4 Å². The van der Waals surface area contributed by atoms with Gasteiger partial charge in [-0.25, -0.2) is 0 Å². The van der Waals surface area contributed by atoms with Gasteiger partial charge in [-0.15, -0.1) is 0 Å². The number of halogens is 1. The van der Waals surface area contributed by atoms with E-state index in [9.17, 15) is 14.7 Å². The molecule has 0 radical (unpaired) electrons. The number of aliphatic carboxylic acids is 1. The topological polar surface area (TPSA) is 75.6 Å². The van der Waals surface area contributed by atoms with Crippen molar-refractivity contribution in [2.75, 3.05) is 6.54 Å². The summed E-state index contributed by atoms with van der Waals surface area (Å²) in [7, 11) is 0. The first-order valence-electron chi connectivity index (χ1n) is 7.32. The Hall–Kier alpha value is -1.75. The van der Waals surface area contributed by atoms with Crippen molar-refractivity contribution in [3.05, 3.63) is 28.8 Å². The maximum Gasteiger partial charge on any atom is 0.308 e. The molecule has 2 unspecified atom stereocenters. The van der Waals surface area contributed by atoms with Gasteiger partial charge in [0.25, 0.3) is 5.91 Å². The molecular weight excluding hydrogens is 306 g/mol. The molecule has 22 heavy (non-hydrogen) atoms. The zero-order valence-electron chi connectivity index (χ0n) is 12.6. The summed E-state index contributed by atoms with van der Waals surface area (Å²) >= 11 is 5.92. The molecule has 2 N–H and O–H groups in total. The fourth-order valence-corrected chi connectivity index (χ4v) is 2.74. The molecule has 0 bridgehead atoms. The molecule has 0 aliphatic carbocycles. The van der Waals surface area contributed by atoms with Gasteiger partial charge < -0.3 is 15.2 Å². The van der Waals surface area contributed by atoms with Gasteiger partial charge in [-0.05, 0) is 36.1 Å². The zero-order valence-corrected chi connectivity index (χ0v) is 13.4. The smallest absolute Gasteiger partial charge is 0.308 e. The maximum absolute atomic E-state index is 12.1. The van der Waals surface area contributed by atoms with E-state index in [-0.39, 0.29) is 18.4 Å². The van der Waals surface area contributed by atoms with E-state index < -0.39 is 18.0 Å². The Morgan fingerprint density at radius 3 is 2.82 bits per heavy atom. The molecule has 0 aromatic heterocycles. The SMILES string of the molecule is CC(C)CC(CNC(=O)C1Cc2cc(Cl)ccc2O1)C(=O)O. The summed E-state index contributed by atoms with van der Waals surface area (Å²) < 4.78 is 5.58. The molecule has 5 nitrogen and oxygen atoms in total. The van der Waals surface area contributed by atoms with E-state index in [1.807, 2.05) is 13.8 Å². The van der Waals surface area contributed by atoms with Crippen LogP contribution in [0.2, 0.25) is 5.02 Å². The van der Waals surface area contributed by atoms with Gasteiger partial charge >= 0.3 is 5.97 Å². The molecule has 0 fully saturated rings. The Bertz CT molecular complexity index is 573. The van der Waals surface area contributed by atoms with Crippen LogP contribution in [-0.2, 0) is 16.0 Å². The number of nitrogens with one attached hydrogen (secondary N) is 1. The number of carboxylic acids is 1. The Balaban J connectivity index is 1.90. The third-order valence-electron chi connectivity index (χ3n) is 3.62. The van der Waals surface area contributed by atoms with Crippen LogP contribution in [0.15, 0.2) is 18.2 Å². The predicted octanol–water partition coefficient (Wildman–Crippen LogP) is 2.51. The second-order valence-electron chi connectivity index (χ2n) is 5.97. The van der Waals surface area contributed by atoms with Crippen LogP contribution in [0.4, 0.5) is 0 Å². The standard InChI is InChI=1S/C16H20ClNO4/c1-9(2)5-11(16(20)21)8-18-15(19)14-7-10-6-12(17)3-4-13(10)22-14/h3-4,6,9,11,14H,5,7-8H2,1-2H3,(H,18,19)(H,20,21). The van der Waals surface area contributed by atoms with Gasteiger partial charge in [0, 0.05) is 18.0 Å². The molecule has 0 spiro atoms. The fourth-order valence-electron chi connectivity index (χ4n) is 2.54. The summed E-state index contributed by atoms with van der Waals surface area (Å²) in [5.74, 6) is -0.852. The Morgan fingerprint density at radius 1 is 1.45 bits per heavy atom. The first kappa shape index (κ1) is 16.6. The van der Waals surface area contributed by atoms with E-state index in [0.29, 0.717) is 23.6 Å². The van der Waals surface area contributed by atoms with Crippen molar-refractivity contribution in [2.24, 2.45) is 11.8 Å². The van der Waals surface area contributed by atoms with E-state index in [0.717, 1.165) is 5.56 Å². The summed E-state index contributed by atoms with van der Waals surface area (Å²) in [6.07, 6.45) is 0.350. The third kappa shape index (κ3) is 4.13. The van der Waals surface area contributed by atoms with Crippen LogP contribution in [-0.4, -0.2) is 29.6 Å². The zero-order chi connectivity index (χ0) is 16.3. The van der Waals surface area contributed by atoms with Gasteiger partial charge in [0.15, 0.2) is 6.10 Å². The highest BCUT2D eigenvalue weighted by Crippen LogP contribution is 2.31. The van der Waals surface area contributed by atoms with Crippen molar-refractivity contribution < 1.29 is 19.4 Å². The first-order valence-corrected chi connectivity index (χ1v) is 7.70. The highest BCUT2D eigenvalue weighted by molar-refractivity contribution is 6.30. The van der Waals surface area contributed by atoms with Crippen molar-refractivity contribution >= 4 is 23.5 Å². The Morgan fingerprint density at radius 2 is 2.18 bits per heavy atom. The number of ether oxygens (including phenoxy) is 1. The highest BCUT2D eigenvalue weighted by atomic mass is 35.5. The van der Waals surface area contributed by atoms with Crippen molar-refractivity contribution in [3.8, 4) is 5.75 Å². The minimum atomic E-state index is -0.892. The van der Waals surface area contributed by atoms with Gasteiger partial charge in [-0.3, -0.25) is 9.59 Å². The predicted molar refractivity (Wildman–Crippen MR) is 83.2 cm³/mol. The summed E-state index contributed by atoms with van der Waals surface area (Å²) in [5.41, 5.74) is 0.893. The Kier molecular flexibility index (Phi) is 5.29. The largest absolute Gasteiger partial charge is 0.481 e. The van der Waals surface area contributed by atoms with E-state index in [1.54, 1.807) is 18.2 Å². The maximum atomic E-state index is 12.1. The summed E-state index contributed by atoms with van der Waals surface area (Å²) in [6, 6.07) is 5.23. The molecule has 1 aromatic carbocycles. The minimum Gasteiger partial charge on any atom is -0.481 e. The number of amides is 1. The lowest BCUT2D eigenvalue weighted by atomic mass is 9.97. The van der Waals surface area contributed by atoms with Crippen molar-refractivity contribution in [2.45, 2.75) is 32.8 Å². The molecule has 0 saturated heterocycles. The molecule has 0 saturated carbocycles. The number of carboxylic acid groups (broad SMARTS) is 1. The molecule has 1 aromatic rings.